The summed E-state index contributed by atoms with van der Waals surface area (Å²) in [6.45, 7) is 0. The molecule has 162 valence electrons. The molecule has 3 rings (SSSR count). The van der Waals surface area contributed by atoms with Crippen molar-refractivity contribution < 1.29 is 27.2 Å². The summed E-state index contributed by atoms with van der Waals surface area (Å²) in [7, 11) is 0. The molecule has 31 heavy (non-hydrogen) atoms. The number of anilines is 2. The largest absolute Gasteiger partial charge is 0.418 e. The lowest BCUT2D eigenvalue weighted by Crippen LogP contribution is -2.18. The van der Waals surface area contributed by atoms with Gasteiger partial charge in [-0.25, -0.2) is 4.39 Å². The van der Waals surface area contributed by atoms with Crippen LogP contribution >= 0.6 is 22.9 Å². The molecule has 0 aliphatic heterocycles. The Morgan fingerprint density at radius 3 is 2.29 bits per heavy atom. The number of thiophene rings is 1. The van der Waals surface area contributed by atoms with E-state index in [1.54, 1.807) is 12.1 Å². The zero-order chi connectivity index (χ0) is 22.6. The molecule has 0 aliphatic rings. The minimum Gasteiger partial charge on any atom is -0.325 e. The second kappa shape index (κ2) is 9.49. The van der Waals surface area contributed by atoms with Gasteiger partial charge in [-0.15, -0.1) is 11.3 Å². The monoisotopic (exact) mass is 470 g/mol. The molecule has 1 aromatic heterocycles. The van der Waals surface area contributed by atoms with Crippen LogP contribution in [-0.4, -0.2) is 11.8 Å². The van der Waals surface area contributed by atoms with E-state index in [9.17, 15) is 27.2 Å². The molecule has 0 radical (unpaired) electrons. The van der Waals surface area contributed by atoms with Crippen LogP contribution in [0.1, 0.15) is 27.2 Å². The van der Waals surface area contributed by atoms with Crippen molar-refractivity contribution >= 4 is 46.1 Å². The molecule has 0 unspecified atom stereocenters. The van der Waals surface area contributed by atoms with Crippen molar-refractivity contribution in [2.45, 2.75) is 19.0 Å². The summed E-state index contributed by atoms with van der Waals surface area (Å²) in [4.78, 5) is 25.2. The Kier molecular flexibility index (Phi) is 6.97. The van der Waals surface area contributed by atoms with Crippen molar-refractivity contribution in [3.05, 3.63) is 80.8 Å². The number of hydrogen-bond donors (Lipinski definition) is 2. The first kappa shape index (κ1) is 22.8. The predicted octanol–water partition coefficient (Wildman–Crippen LogP) is 6.38. The molecule has 2 N–H and O–H groups in total. The molecular weight excluding hydrogens is 456 g/mol. The highest BCUT2D eigenvalue weighted by atomic mass is 35.5. The molecule has 2 amide bonds. The van der Waals surface area contributed by atoms with E-state index in [1.807, 2.05) is 0 Å². The lowest BCUT2D eigenvalue weighted by molar-refractivity contribution is -0.136. The SMILES string of the molecule is O=C(CCc1ccc(Cl)s1)Nc1ccc(NC(=O)c2ccc(F)cc2)cc1C(F)(F)F. The number of carbonyl (C=O) groups is 2. The molecule has 0 atom stereocenters. The lowest BCUT2D eigenvalue weighted by Gasteiger charge is -2.16. The summed E-state index contributed by atoms with van der Waals surface area (Å²) in [6.07, 6.45) is -4.44. The summed E-state index contributed by atoms with van der Waals surface area (Å²) in [5.74, 6) is -1.82. The third kappa shape index (κ3) is 6.28. The quantitative estimate of drug-likeness (QED) is 0.410. The molecule has 2 aromatic carbocycles. The van der Waals surface area contributed by atoms with E-state index in [-0.39, 0.29) is 17.7 Å². The Morgan fingerprint density at radius 2 is 1.68 bits per heavy atom. The van der Waals surface area contributed by atoms with Gasteiger partial charge in [0.2, 0.25) is 5.91 Å². The topological polar surface area (TPSA) is 58.2 Å². The highest BCUT2D eigenvalue weighted by molar-refractivity contribution is 7.16. The fraction of sp³-hybridized carbons (Fsp3) is 0.143. The second-order valence-electron chi connectivity index (χ2n) is 6.47. The summed E-state index contributed by atoms with van der Waals surface area (Å²) >= 11 is 7.11. The van der Waals surface area contributed by atoms with Gasteiger partial charge in [0.15, 0.2) is 0 Å². The second-order valence-corrected chi connectivity index (χ2v) is 8.27. The Labute approximate surface area is 183 Å². The Hall–Kier alpha value is -2.91. The van der Waals surface area contributed by atoms with Crippen molar-refractivity contribution in [3.63, 3.8) is 0 Å². The van der Waals surface area contributed by atoms with E-state index in [1.165, 1.54) is 29.5 Å². The van der Waals surface area contributed by atoms with E-state index in [4.69, 9.17) is 11.6 Å². The van der Waals surface area contributed by atoms with Crippen molar-refractivity contribution in [2.24, 2.45) is 0 Å². The molecule has 0 fully saturated rings. The van der Waals surface area contributed by atoms with Crippen LogP contribution in [0, 0.1) is 5.82 Å². The number of alkyl halides is 3. The third-order valence-electron chi connectivity index (χ3n) is 4.19. The number of halogens is 5. The molecule has 1 heterocycles. The molecule has 0 bridgehead atoms. The first-order valence-corrected chi connectivity index (χ1v) is 10.1. The van der Waals surface area contributed by atoms with Gasteiger partial charge in [-0.3, -0.25) is 9.59 Å². The average Bonchev–Trinajstić information content (AvgIpc) is 3.12. The maximum Gasteiger partial charge on any atom is 0.418 e. The first-order chi connectivity index (χ1) is 14.6. The zero-order valence-corrected chi connectivity index (χ0v) is 17.3. The van der Waals surface area contributed by atoms with Gasteiger partial charge in [0.05, 0.1) is 15.6 Å². The van der Waals surface area contributed by atoms with Crippen LogP contribution in [0.15, 0.2) is 54.6 Å². The maximum absolute atomic E-state index is 13.5. The van der Waals surface area contributed by atoms with Crippen molar-refractivity contribution in [1.29, 1.82) is 0 Å². The van der Waals surface area contributed by atoms with Crippen molar-refractivity contribution in [1.82, 2.24) is 0 Å². The van der Waals surface area contributed by atoms with Crippen molar-refractivity contribution in [3.8, 4) is 0 Å². The van der Waals surface area contributed by atoms with Crippen LogP contribution < -0.4 is 10.6 Å². The number of nitrogens with one attached hydrogen (secondary N) is 2. The summed E-state index contributed by atoms with van der Waals surface area (Å²) in [5.41, 5.74) is -1.55. The number of benzene rings is 2. The third-order valence-corrected chi connectivity index (χ3v) is 5.48. The van der Waals surface area contributed by atoms with Gasteiger partial charge in [0, 0.05) is 22.5 Å². The number of aryl methyl sites for hydroxylation is 1. The summed E-state index contributed by atoms with van der Waals surface area (Å²) in [6, 6.07) is 11.0. The maximum atomic E-state index is 13.5. The van der Waals surface area contributed by atoms with E-state index in [0.29, 0.717) is 10.8 Å². The molecular formula is C21H15ClF4N2O2S. The van der Waals surface area contributed by atoms with Gasteiger partial charge < -0.3 is 10.6 Å². The number of hydrogen-bond acceptors (Lipinski definition) is 3. The Balaban J connectivity index is 1.72. The van der Waals surface area contributed by atoms with Gasteiger partial charge >= 0.3 is 6.18 Å². The van der Waals surface area contributed by atoms with Crippen molar-refractivity contribution in [2.75, 3.05) is 10.6 Å². The standard InChI is InChI=1S/C21H15ClF4N2O2S/c22-18-9-6-15(31-18)7-10-19(29)28-17-8-5-14(11-16(17)21(24,25)26)27-20(30)12-1-3-13(23)4-2-12/h1-6,8-9,11H,7,10H2,(H,27,30)(H,28,29). The number of carbonyl (C=O) groups excluding carboxylic acids is 2. The van der Waals surface area contributed by atoms with E-state index in [2.05, 4.69) is 10.6 Å². The molecule has 3 aromatic rings. The summed E-state index contributed by atoms with van der Waals surface area (Å²) < 4.78 is 54.1. The van der Waals surface area contributed by atoms with Crippen LogP contribution in [0.2, 0.25) is 4.34 Å². The Bertz CT molecular complexity index is 1100. The van der Waals surface area contributed by atoms with Gasteiger partial charge in [0.25, 0.3) is 5.91 Å². The van der Waals surface area contributed by atoms with Gasteiger partial charge in [-0.2, -0.15) is 13.2 Å². The zero-order valence-electron chi connectivity index (χ0n) is 15.7. The average molecular weight is 471 g/mol. The fourth-order valence-electron chi connectivity index (χ4n) is 2.71. The highest BCUT2D eigenvalue weighted by Gasteiger charge is 2.34. The van der Waals surface area contributed by atoms with Crippen LogP contribution in [0.4, 0.5) is 28.9 Å². The minimum absolute atomic E-state index is 0.0167. The fourth-order valence-corrected chi connectivity index (χ4v) is 3.79. The normalized spacial score (nSPS) is 11.3. The molecule has 10 heteroatoms. The van der Waals surface area contributed by atoms with Crippen LogP contribution in [0.5, 0.6) is 0 Å². The molecule has 0 saturated carbocycles. The number of rotatable bonds is 6. The molecule has 0 saturated heterocycles. The van der Waals surface area contributed by atoms with E-state index >= 15 is 0 Å². The predicted molar refractivity (Wildman–Crippen MR) is 112 cm³/mol. The van der Waals surface area contributed by atoms with E-state index in [0.717, 1.165) is 29.1 Å². The van der Waals surface area contributed by atoms with Crippen LogP contribution in [0.3, 0.4) is 0 Å². The smallest absolute Gasteiger partial charge is 0.325 e. The Morgan fingerprint density at radius 1 is 0.968 bits per heavy atom. The first-order valence-electron chi connectivity index (χ1n) is 8.94. The molecule has 0 aliphatic carbocycles. The van der Waals surface area contributed by atoms with Gasteiger partial charge in [-0.1, -0.05) is 11.6 Å². The van der Waals surface area contributed by atoms with Gasteiger partial charge in [-0.05, 0) is 61.0 Å². The van der Waals surface area contributed by atoms with E-state index < -0.39 is 35.1 Å². The minimum atomic E-state index is -4.76. The molecule has 4 nitrogen and oxygen atoms in total. The summed E-state index contributed by atoms with van der Waals surface area (Å²) in [5, 5.41) is 4.61. The lowest BCUT2D eigenvalue weighted by atomic mass is 10.1. The molecule has 0 spiro atoms. The van der Waals surface area contributed by atoms with Crippen LogP contribution in [0.25, 0.3) is 0 Å². The van der Waals surface area contributed by atoms with Gasteiger partial charge in [0.1, 0.15) is 5.82 Å². The van der Waals surface area contributed by atoms with Crippen LogP contribution in [-0.2, 0) is 17.4 Å². The number of amides is 2. The highest BCUT2D eigenvalue weighted by Crippen LogP contribution is 2.37.